The standard InChI is InChI=1S/C9H9FN2O4/c1-16-5-8(13)11-9-6(10)3-2-4-7(9)12(14)15/h2-4H,5H2,1H3,(H,11,13). The summed E-state index contributed by atoms with van der Waals surface area (Å²) in [6, 6.07) is 3.32. The van der Waals surface area contributed by atoms with Gasteiger partial charge in [0.2, 0.25) is 0 Å². The first-order valence-corrected chi connectivity index (χ1v) is 4.28. The van der Waals surface area contributed by atoms with E-state index >= 15 is 0 Å². The third-order valence-electron chi connectivity index (χ3n) is 1.73. The molecule has 0 aliphatic heterocycles. The lowest BCUT2D eigenvalue weighted by molar-refractivity contribution is -0.384. The van der Waals surface area contributed by atoms with Crippen LogP contribution in [0.4, 0.5) is 15.8 Å². The normalized spacial score (nSPS) is 9.88. The molecule has 1 aromatic rings. The van der Waals surface area contributed by atoms with Crippen molar-refractivity contribution in [1.29, 1.82) is 0 Å². The van der Waals surface area contributed by atoms with Crippen molar-refractivity contribution < 1.29 is 18.8 Å². The van der Waals surface area contributed by atoms with Crippen LogP contribution >= 0.6 is 0 Å². The van der Waals surface area contributed by atoms with E-state index in [0.717, 1.165) is 12.1 Å². The summed E-state index contributed by atoms with van der Waals surface area (Å²) in [5.41, 5.74) is -0.945. The van der Waals surface area contributed by atoms with Crippen LogP contribution in [0.3, 0.4) is 0 Å². The van der Waals surface area contributed by atoms with Crippen molar-refractivity contribution in [3.63, 3.8) is 0 Å². The fourth-order valence-corrected chi connectivity index (χ4v) is 1.10. The Bertz CT molecular complexity index is 422. The number of hydrogen-bond acceptors (Lipinski definition) is 4. The molecule has 0 bridgehead atoms. The van der Waals surface area contributed by atoms with Crippen LogP contribution in [0.15, 0.2) is 18.2 Å². The van der Waals surface area contributed by atoms with Crippen LogP contribution in [0.5, 0.6) is 0 Å². The van der Waals surface area contributed by atoms with Crippen molar-refractivity contribution in [2.45, 2.75) is 0 Å². The number of ether oxygens (including phenoxy) is 1. The molecule has 0 aliphatic carbocycles. The van der Waals surface area contributed by atoms with Crippen molar-refractivity contribution >= 4 is 17.3 Å². The molecule has 7 heteroatoms. The van der Waals surface area contributed by atoms with Gasteiger partial charge in [0.1, 0.15) is 6.61 Å². The first-order chi connectivity index (χ1) is 7.56. The Kier molecular flexibility index (Phi) is 3.90. The van der Waals surface area contributed by atoms with Gasteiger partial charge in [-0.2, -0.15) is 0 Å². The van der Waals surface area contributed by atoms with Gasteiger partial charge < -0.3 is 10.1 Å². The molecule has 0 atom stereocenters. The predicted molar refractivity (Wildman–Crippen MR) is 53.6 cm³/mol. The Morgan fingerprint density at radius 3 is 2.88 bits per heavy atom. The number of benzene rings is 1. The predicted octanol–water partition coefficient (Wildman–Crippen LogP) is 1.32. The summed E-state index contributed by atoms with van der Waals surface area (Å²) in [6.45, 7) is -0.300. The lowest BCUT2D eigenvalue weighted by Crippen LogP contribution is -2.18. The molecule has 16 heavy (non-hydrogen) atoms. The zero-order valence-corrected chi connectivity index (χ0v) is 8.40. The van der Waals surface area contributed by atoms with Gasteiger partial charge in [-0.15, -0.1) is 0 Å². The van der Waals surface area contributed by atoms with Crippen LogP contribution in [0, 0.1) is 15.9 Å². The molecular weight excluding hydrogens is 219 g/mol. The van der Waals surface area contributed by atoms with Gasteiger partial charge in [0.25, 0.3) is 11.6 Å². The van der Waals surface area contributed by atoms with Crippen LogP contribution in [-0.2, 0) is 9.53 Å². The minimum absolute atomic E-state index is 0.300. The number of methoxy groups -OCH3 is 1. The second-order valence-electron chi connectivity index (χ2n) is 2.87. The third-order valence-corrected chi connectivity index (χ3v) is 1.73. The quantitative estimate of drug-likeness (QED) is 0.622. The largest absolute Gasteiger partial charge is 0.375 e. The number of nitro benzene ring substituents is 1. The van der Waals surface area contributed by atoms with Gasteiger partial charge in [-0.25, -0.2) is 4.39 Å². The summed E-state index contributed by atoms with van der Waals surface area (Å²) in [5.74, 6) is -1.52. The van der Waals surface area contributed by atoms with Crippen LogP contribution in [0.1, 0.15) is 0 Å². The number of hydrogen-bond donors (Lipinski definition) is 1. The van der Waals surface area contributed by atoms with Gasteiger partial charge in [0, 0.05) is 13.2 Å². The maximum Gasteiger partial charge on any atom is 0.295 e. The molecule has 1 rings (SSSR count). The van der Waals surface area contributed by atoms with E-state index in [2.05, 4.69) is 10.1 Å². The van der Waals surface area contributed by atoms with E-state index in [0.29, 0.717) is 0 Å². The fourth-order valence-electron chi connectivity index (χ4n) is 1.10. The number of nitro groups is 1. The molecule has 0 aromatic heterocycles. The first kappa shape index (κ1) is 12.1. The minimum atomic E-state index is -0.862. The van der Waals surface area contributed by atoms with Crippen molar-refractivity contribution in [2.75, 3.05) is 19.0 Å². The highest BCUT2D eigenvalue weighted by atomic mass is 19.1. The highest BCUT2D eigenvalue weighted by molar-refractivity contribution is 5.94. The summed E-state index contributed by atoms with van der Waals surface area (Å²) in [4.78, 5) is 20.9. The van der Waals surface area contributed by atoms with E-state index in [-0.39, 0.29) is 6.61 Å². The monoisotopic (exact) mass is 228 g/mol. The molecular formula is C9H9FN2O4. The zero-order chi connectivity index (χ0) is 12.1. The number of halogens is 1. The maximum absolute atomic E-state index is 13.3. The highest BCUT2D eigenvalue weighted by Crippen LogP contribution is 2.26. The third kappa shape index (κ3) is 2.74. The number of nitrogens with one attached hydrogen (secondary N) is 1. The smallest absolute Gasteiger partial charge is 0.295 e. The number of rotatable bonds is 4. The van der Waals surface area contributed by atoms with Gasteiger partial charge in [-0.05, 0) is 6.07 Å². The molecule has 0 aliphatic rings. The van der Waals surface area contributed by atoms with E-state index in [4.69, 9.17) is 0 Å². The molecule has 6 nitrogen and oxygen atoms in total. The van der Waals surface area contributed by atoms with E-state index in [1.165, 1.54) is 13.2 Å². The molecule has 86 valence electrons. The SMILES string of the molecule is COCC(=O)Nc1c(F)cccc1[N+](=O)[O-]. The Labute approximate surface area is 90.2 Å². The lowest BCUT2D eigenvalue weighted by atomic mass is 10.2. The number of amides is 1. The topological polar surface area (TPSA) is 81.5 Å². The second-order valence-corrected chi connectivity index (χ2v) is 2.87. The Balaban J connectivity index is 3.01. The van der Waals surface area contributed by atoms with Crippen LogP contribution < -0.4 is 5.32 Å². The van der Waals surface area contributed by atoms with E-state index < -0.39 is 28.0 Å². The fraction of sp³-hybridized carbons (Fsp3) is 0.222. The van der Waals surface area contributed by atoms with Crippen molar-refractivity contribution in [2.24, 2.45) is 0 Å². The molecule has 0 saturated carbocycles. The summed E-state index contributed by atoms with van der Waals surface area (Å²) < 4.78 is 17.8. The molecule has 1 amide bonds. The van der Waals surface area contributed by atoms with Gasteiger partial charge in [-0.1, -0.05) is 6.07 Å². The summed E-state index contributed by atoms with van der Waals surface area (Å²) in [5, 5.41) is 12.7. The number of anilines is 1. The van der Waals surface area contributed by atoms with Crippen molar-refractivity contribution in [3.8, 4) is 0 Å². The van der Waals surface area contributed by atoms with Crippen molar-refractivity contribution in [3.05, 3.63) is 34.1 Å². The number of carbonyl (C=O) groups is 1. The molecule has 0 unspecified atom stereocenters. The molecule has 0 spiro atoms. The zero-order valence-electron chi connectivity index (χ0n) is 8.40. The average molecular weight is 228 g/mol. The highest BCUT2D eigenvalue weighted by Gasteiger charge is 2.19. The number of nitrogens with zero attached hydrogens (tertiary/aromatic N) is 1. The van der Waals surface area contributed by atoms with Gasteiger partial charge in [0.15, 0.2) is 11.5 Å². The number of para-hydroxylation sites is 1. The van der Waals surface area contributed by atoms with Crippen LogP contribution in [0.2, 0.25) is 0 Å². The molecule has 1 N–H and O–H groups in total. The summed E-state index contributed by atoms with van der Waals surface area (Å²) >= 11 is 0. The molecule has 0 heterocycles. The van der Waals surface area contributed by atoms with E-state index in [1.807, 2.05) is 0 Å². The Morgan fingerprint density at radius 1 is 1.62 bits per heavy atom. The van der Waals surface area contributed by atoms with Gasteiger partial charge in [0.05, 0.1) is 4.92 Å². The van der Waals surface area contributed by atoms with Gasteiger partial charge >= 0.3 is 0 Å². The Morgan fingerprint density at radius 2 is 2.31 bits per heavy atom. The number of carbonyl (C=O) groups excluding carboxylic acids is 1. The molecule has 0 saturated heterocycles. The minimum Gasteiger partial charge on any atom is -0.375 e. The molecule has 1 aromatic carbocycles. The lowest BCUT2D eigenvalue weighted by Gasteiger charge is -2.05. The second kappa shape index (κ2) is 5.17. The summed E-state index contributed by atoms with van der Waals surface area (Å²) in [7, 11) is 1.29. The van der Waals surface area contributed by atoms with Crippen LogP contribution in [0.25, 0.3) is 0 Å². The summed E-state index contributed by atoms with van der Waals surface area (Å²) in [6.07, 6.45) is 0. The van der Waals surface area contributed by atoms with Gasteiger partial charge in [-0.3, -0.25) is 14.9 Å². The average Bonchev–Trinajstić information content (AvgIpc) is 2.21. The van der Waals surface area contributed by atoms with E-state index in [9.17, 15) is 19.3 Å². The Hall–Kier alpha value is -2.02. The maximum atomic E-state index is 13.3. The molecule has 0 radical (unpaired) electrons. The van der Waals surface area contributed by atoms with Crippen LogP contribution in [-0.4, -0.2) is 24.5 Å². The van der Waals surface area contributed by atoms with Crippen molar-refractivity contribution in [1.82, 2.24) is 0 Å². The first-order valence-electron chi connectivity index (χ1n) is 4.28. The van der Waals surface area contributed by atoms with E-state index in [1.54, 1.807) is 0 Å². The molecule has 0 fully saturated rings.